The van der Waals surface area contributed by atoms with E-state index in [-0.39, 0.29) is 5.91 Å². The van der Waals surface area contributed by atoms with E-state index in [1.807, 2.05) is 37.4 Å². The van der Waals surface area contributed by atoms with E-state index in [0.717, 1.165) is 11.4 Å². The van der Waals surface area contributed by atoms with E-state index >= 15 is 0 Å². The Morgan fingerprint density at radius 3 is 2.38 bits per heavy atom. The lowest BCUT2D eigenvalue weighted by atomic mass is 10.2. The highest BCUT2D eigenvalue weighted by Gasteiger charge is 2.27. The maximum absolute atomic E-state index is 12.6. The molecule has 1 heterocycles. The first-order valence-electron chi connectivity index (χ1n) is 6.66. The van der Waals surface area contributed by atoms with E-state index in [1.54, 1.807) is 17.0 Å². The second-order valence-electron chi connectivity index (χ2n) is 4.96. The van der Waals surface area contributed by atoms with Crippen LogP contribution < -0.4 is 9.80 Å². The van der Waals surface area contributed by atoms with Gasteiger partial charge in [-0.05, 0) is 24.3 Å². The molecule has 3 nitrogen and oxygen atoms in total. The predicted octanol–water partition coefficient (Wildman–Crippen LogP) is 4.50. The molecule has 0 fully saturated rings. The van der Waals surface area contributed by atoms with Crippen molar-refractivity contribution in [3.63, 3.8) is 0 Å². The third-order valence-corrected chi connectivity index (χ3v) is 4.43. The molecule has 2 aromatic carbocycles. The topological polar surface area (TPSA) is 23.6 Å². The first-order valence-corrected chi connectivity index (χ1v) is 7.42. The van der Waals surface area contributed by atoms with Crippen LogP contribution >= 0.6 is 23.2 Å². The number of carbonyl (C=O) groups excluding carboxylic acids is 1. The maximum atomic E-state index is 12.6. The summed E-state index contributed by atoms with van der Waals surface area (Å²) in [6.45, 7) is 0.671. The standard InChI is InChI=1S/C16H14Cl2N2O/c1-19-10-9-15(21)20(13-7-3-2-6-12(13)19)14-8-4-5-11(17)16(14)18/h2-8H,9-10H2,1H3. The monoisotopic (exact) mass is 320 g/mol. The largest absolute Gasteiger partial charge is 0.372 e. The molecule has 0 N–H and O–H groups in total. The summed E-state index contributed by atoms with van der Waals surface area (Å²) < 4.78 is 0. The lowest BCUT2D eigenvalue weighted by Crippen LogP contribution is -2.25. The van der Waals surface area contributed by atoms with Crippen LogP contribution in [-0.2, 0) is 4.79 Å². The number of carbonyl (C=O) groups is 1. The lowest BCUT2D eigenvalue weighted by molar-refractivity contribution is -0.117. The number of anilines is 3. The lowest BCUT2D eigenvalue weighted by Gasteiger charge is -2.25. The minimum atomic E-state index is 0.0102. The van der Waals surface area contributed by atoms with Gasteiger partial charge < -0.3 is 4.90 Å². The van der Waals surface area contributed by atoms with E-state index in [4.69, 9.17) is 23.2 Å². The Morgan fingerprint density at radius 2 is 1.62 bits per heavy atom. The first kappa shape index (κ1) is 14.2. The van der Waals surface area contributed by atoms with Crippen LogP contribution in [0, 0.1) is 0 Å². The molecule has 2 aromatic rings. The molecule has 0 atom stereocenters. The van der Waals surface area contributed by atoms with Gasteiger partial charge in [-0.25, -0.2) is 0 Å². The van der Waals surface area contributed by atoms with Crippen molar-refractivity contribution in [2.24, 2.45) is 0 Å². The maximum Gasteiger partial charge on any atom is 0.233 e. The van der Waals surface area contributed by atoms with Crippen LogP contribution in [0.4, 0.5) is 17.1 Å². The van der Waals surface area contributed by atoms with Gasteiger partial charge >= 0.3 is 0 Å². The van der Waals surface area contributed by atoms with Crippen molar-refractivity contribution in [2.45, 2.75) is 6.42 Å². The van der Waals surface area contributed by atoms with Crippen molar-refractivity contribution >= 4 is 46.2 Å². The summed E-state index contributed by atoms with van der Waals surface area (Å²) in [5.41, 5.74) is 2.45. The third kappa shape index (κ3) is 2.47. The van der Waals surface area contributed by atoms with Crippen LogP contribution in [0.3, 0.4) is 0 Å². The molecule has 3 rings (SSSR count). The molecule has 1 aliphatic heterocycles. The molecule has 108 valence electrons. The summed E-state index contributed by atoms with van der Waals surface area (Å²) in [5.74, 6) is 0.0102. The number of halogens is 2. The average molecular weight is 321 g/mol. The van der Waals surface area contributed by atoms with Crippen LogP contribution in [0.1, 0.15) is 6.42 Å². The Balaban J connectivity index is 2.22. The van der Waals surface area contributed by atoms with Crippen molar-refractivity contribution < 1.29 is 4.79 Å². The Kier molecular flexibility index (Phi) is 3.79. The first-order chi connectivity index (χ1) is 10.1. The molecule has 0 spiro atoms. The number of hydrogen-bond acceptors (Lipinski definition) is 2. The molecule has 0 saturated carbocycles. The molecule has 0 radical (unpaired) electrons. The van der Waals surface area contributed by atoms with Crippen molar-refractivity contribution in [1.82, 2.24) is 0 Å². The third-order valence-electron chi connectivity index (χ3n) is 3.62. The van der Waals surface area contributed by atoms with E-state index in [0.29, 0.717) is 28.7 Å². The molecular formula is C16H14Cl2N2O. The summed E-state index contributed by atoms with van der Waals surface area (Å²) in [6.07, 6.45) is 0.425. The van der Waals surface area contributed by atoms with Crippen LogP contribution in [0.15, 0.2) is 42.5 Å². The van der Waals surface area contributed by atoms with Gasteiger partial charge in [0.25, 0.3) is 0 Å². The highest BCUT2D eigenvalue weighted by Crippen LogP contribution is 2.41. The van der Waals surface area contributed by atoms with Gasteiger partial charge in [0.05, 0.1) is 27.1 Å². The molecule has 0 aromatic heterocycles. The fourth-order valence-electron chi connectivity index (χ4n) is 2.54. The summed E-state index contributed by atoms with van der Waals surface area (Å²) in [7, 11) is 1.98. The van der Waals surface area contributed by atoms with Gasteiger partial charge in [-0.1, -0.05) is 41.4 Å². The summed E-state index contributed by atoms with van der Waals surface area (Å²) in [5, 5.41) is 0.837. The molecular weight excluding hydrogens is 307 g/mol. The Morgan fingerprint density at radius 1 is 0.952 bits per heavy atom. The van der Waals surface area contributed by atoms with E-state index in [9.17, 15) is 4.79 Å². The number of rotatable bonds is 1. The minimum Gasteiger partial charge on any atom is -0.372 e. The average Bonchev–Trinajstić information content (AvgIpc) is 2.61. The second kappa shape index (κ2) is 5.58. The summed E-state index contributed by atoms with van der Waals surface area (Å²) >= 11 is 12.4. The normalized spacial score (nSPS) is 14.9. The number of benzene rings is 2. The SMILES string of the molecule is CN1CCC(=O)N(c2cccc(Cl)c2Cl)c2ccccc21. The zero-order valence-electron chi connectivity index (χ0n) is 11.5. The number of para-hydroxylation sites is 2. The Hall–Kier alpha value is -1.71. The highest BCUT2D eigenvalue weighted by molar-refractivity contribution is 6.44. The number of nitrogens with zero attached hydrogens (tertiary/aromatic N) is 2. The van der Waals surface area contributed by atoms with Crippen molar-refractivity contribution in [2.75, 3.05) is 23.4 Å². The van der Waals surface area contributed by atoms with Crippen molar-refractivity contribution in [3.05, 3.63) is 52.5 Å². The fourth-order valence-corrected chi connectivity index (χ4v) is 2.92. The second-order valence-corrected chi connectivity index (χ2v) is 5.75. The molecule has 1 amide bonds. The smallest absolute Gasteiger partial charge is 0.233 e. The van der Waals surface area contributed by atoms with Crippen molar-refractivity contribution in [3.8, 4) is 0 Å². The van der Waals surface area contributed by atoms with Crippen molar-refractivity contribution in [1.29, 1.82) is 0 Å². The quantitative estimate of drug-likeness (QED) is 0.772. The fraction of sp³-hybridized carbons (Fsp3) is 0.188. The molecule has 21 heavy (non-hydrogen) atoms. The number of amides is 1. The van der Waals surface area contributed by atoms with Crippen LogP contribution in [0.5, 0.6) is 0 Å². The number of fused-ring (bicyclic) bond motifs is 1. The van der Waals surface area contributed by atoms with Gasteiger partial charge in [0.1, 0.15) is 0 Å². The van der Waals surface area contributed by atoms with E-state index in [2.05, 4.69) is 4.90 Å². The van der Waals surface area contributed by atoms with E-state index < -0.39 is 0 Å². The molecule has 0 unspecified atom stereocenters. The molecule has 1 aliphatic rings. The predicted molar refractivity (Wildman–Crippen MR) is 87.9 cm³/mol. The zero-order chi connectivity index (χ0) is 15.0. The highest BCUT2D eigenvalue weighted by atomic mass is 35.5. The van der Waals surface area contributed by atoms with Crippen LogP contribution in [0.25, 0.3) is 0 Å². The summed E-state index contributed by atoms with van der Waals surface area (Å²) in [4.78, 5) is 16.3. The number of hydrogen-bond donors (Lipinski definition) is 0. The molecule has 0 saturated heterocycles. The molecule has 0 bridgehead atoms. The Bertz CT molecular complexity index is 702. The van der Waals surface area contributed by atoms with Crippen LogP contribution in [0.2, 0.25) is 10.0 Å². The minimum absolute atomic E-state index is 0.0102. The molecule has 0 aliphatic carbocycles. The van der Waals surface area contributed by atoms with Gasteiger partial charge in [0.15, 0.2) is 0 Å². The summed E-state index contributed by atoms with van der Waals surface area (Å²) in [6, 6.07) is 13.1. The van der Waals surface area contributed by atoms with Gasteiger partial charge in [-0.2, -0.15) is 0 Å². The molecule has 5 heteroatoms. The van der Waals surface area contributed by atoms with E-state index in [1.165, 1.54) is 0 Å². The Labute approximate surface area is 133 Å². The van der Waals surface area contributed by atoms with Gasteiger partial charge in [0.2, 0.25) is 5.91 Å². The zero-order valence-corrected chi connectivity index (χ0v) is 13.0. The van der Waals surface area contributed by atoms with Gasteiger partial charge in [-0.3, -0.25) is 9.69 Å². The van der Waals surface area contributed by atoms with Crippen LogP contribution in [-0.4, -0.2) is 19.5 Å². The van der Waals surface area contributed by atoms with Gasteiger partial charge in [-0.15, -0.1) is 0 Å². The van der Waals surface area contributed by atoms with Gasteiger partial charge in [0, 0.05) is 20.0 Å².